The molecule has 3 aromatic carbocycles. The molecule has 3 atom stereocenters. The number of aromatic nitrogens is 2. The van der Waals surface area contributed by atoms with Crippen molar-refractivity contribution in [1.29, 1.82) is 0 Å². The fourth-order valence-electron chi connectivity index (χ4n) is 11.1. The van der Waals surface area contributed by atoms with Crippen molar-refractivity contribution < 1.29 is 45.8 Å². The zero-order valence-electron chi connectivity index (χ0n) is 41.0. The largest absolute Gasteiger partial charge is 0.497 e. The first-order valence-electron chi connectivity index (χ1n) is 24.4. The summed E-state index contributed by atoms with van der Waals surface area (Å²) in [4.78, 5) is 57.0. The molecule has 0 saturated carbocycles. The number of allylic oxidation sites excluding steroid dienone is 2. The zero-order valence-corrected chi connectivity index (χ0v) is 41.0. The van der Waals surface area contributed by atoms with E-state index in [4.69, 9.17) is 9.47 Å². The van der Waals surface area contributed by atoms with Gasteiger partial charge in [0.25, 0.3) is 0 Å². The van der Waals surface area contributed by atoms with E-state index >= 15 is 8.78 Å². The second kappa shape index (κ2) is 20.0. The van der Waals surface area contributed by atoms with E-state index < -0.39 is 52.7 Å². The van der Waals surface area contributed by atoms with E-state index in [1.807, 2.05) is 67.3 Å². The van der Waals surface area contributed by atoms with Gasteiger partial charge in [-0.15, -0.1) is 0 Å². The average Bonchev–Trinajstić information content (AvgIpc) is 3.56. The third-order valence-electron chi connectivity index (χ3n) is 15.3. The number of nitrogens with zero attached hydrogens (tertiary/aromatic N) is 5. The number of imide groups is 1. The van der Waals surface area contributed by atoms with Crippen molar-refractivity contribution in [3.8, 4) is 5.75 Å². The number of amides is 3. The molecule has 0 radical (unpaired) electrons. The van der Waals surface area contributed by atoms with Gasteiger partial charge in [0.15, 0.2) is 11.6 Å². The van der Waals surface area contributed by atoms with Crippen LogP contribution in [-0.2, 0) is 44.7 Å². The molecule has 12 nitrogen and oxygen atoms in total. The number of ether oxygens (including phenoxy) is 2. The SMILES string of the molecule is COc1ccc([C@]2(CCN(Cc3ccc(C4=CCC(C(=O)N5CCN(Cc6ccc7c(c6)n(C)c(=O)n7C6CCC(=O)NC6=O)CC5)CC4)c(F)c3F)CC(C)(C)C(F)(F)F)CCOC(C)(C)C2)cc1. The number of aryl methyl sites for hydroxylation is 1. The minimum atomic E-state index is -4.53. The van der Waals surface area contributed by atoms with Gasteiger partial charge in [-0.05, 0) is 120 Å². The number of alkyl halides is 3. The van der Waals surface area contributed by atoms with Crippen molar-refractivity contribution in [2.24, 2.45) is 18.4 Å². The Morgan fingerprint density at radius 3 is 2.30 bits per heavy atom. The van der Waals surface area contributed by atoms with Crippen LogP contribution in [0, 0.1) is 23.0 Å². The maximum Gasteiger partial charge on any atom is 0.395 e. The van der Waals surface area contributed by atoms with E-state index in [-0.39, 0.29) is 60.5 Å². The van der Waals surface area contributed by atoms with E-state index in [0.717, 1.165) is 25.0 Å². The van der Waals surface area contributed by atoms with Crippen LogP contribution in [0.2, 0.25) is 0 Å². The van der Waals surface area contributed by atoms with Gasteiger partial charge in [-0.25, -0.2) is 13.6 Å². The number of piperazine rings is 1. The number of fused-ring (bicyclic) bond motifs is 1. The first-order chi connectivity index (χ1) is 33.1. The fourth-order valence-corrected chi connectivity index (χ4v) is 11.1. The van der Waals surface area contributed by atoms with Gasteiger partial charge in [-0.2, -0.15) is 13.2 Å². The van der Waals surface area contributed by atoms with Crippen molar-refractivity contribution in [3.63, 3.8) is 0 Å². The number of imidazole rings is 1. The normalized spacial score (nSPS) is 22.6. The molecule has 3 amide bonds. The van der Waals surface area contributed by atoms with Crippen molar-refractivity contribution in [1.82, 2.24) is 29.2 Å². The number of carbonyl (C=O) groups is 3. The Balaban J connectivity index is 0.897. The maximum absolute atomic E-state index is 16.2. The van der Waals surface area contributed by atoms with Crippen LogP contribution >= 0.6 is 0 Å². The van der Waals surface area contributed by atoms with Gasteiger partial charge in [0.1, 0.15) is 11.8 Å². The second-order valence-electron chi connectivity index (χ2n) is 21.1. The van der Waals surface area contributed by atoms with Gasteiger partial charge in [-0.3, -0.25) is 38.6 Å². The van der Waals surface area contributed by atoms with Gasteiger partial charge < -0.3 is 14.4 Å². The summed E-state index contributed by atoms with van der Waals surface area (Å²) in [6, 6.07) is 15.7. The highest BCUT2D eigenvalue weighted by atomic mass is 19.4. The molecule has 0 spiro atoms. The van der Waals surface area contributed by atoms with Crippen LogP contribution in [0.1, 0.15) is 107 Å². The van der Waals surface area contributed by atoms with Crippen molar-refractivity contribution in [2.75, 3.05) is 53.0 Å². The second-order valence-corrected chi connectivity index (χ2v) is 21.1. The van der Waals surface area contributed by atoms with E-state index in [0.29, 0.717) is 100 Å². The van der Waals surface area contributed by atoms with E-state index in [1.165, 1.54) is 21.3 Å². The Morgan fingerprint density at radius 2 is 1.66 bits per heavy atom. The molecule has 4 aliphatic rings. The van der Waals surface area contributed by atoms with Crippen LogP contribution in [0.25, 0.3) is 16.6 Å². The van der Waals surface area contributed by atoms with E-state index in [9.17, 15) is 32.3 Å². The summed E-state index contributed by atoms with van der Waals surface area (Å²) in [6.45, 7) is 9.20. The summed E-state index contributed by atoms with van der Waals surface area (Å²) in [6.07, 6.45) is 0.618. The molecule has 3 saturated heterocycles. The monoisotopic (exact) mass is 976 g/mol. The van der Waals surface area contributed by atoms with E-state index in [2.05, 4.69) is 10.2 Å². The first kappa shape index (κ1) is 51.0. The highest BCUT2D eigenvalue weighted by molar-refractivity contribution is 6.00. The molecular weight excluding hydrogens is 912 g/mol. The Bertz CT molecular complexity index is 2700. The molecule has 3 aliphatic heterocycles. The summed E-state index contributed by atoms with van der Waals surface area (Å²) in [5, 5.41) is 2.33. The lowest BCUT2D eigenvalue weighted by Crippen LogP contribution is -2.50. The predicted octanol–water partition coefficient (Wildman–Crippen LogP) is 8.44. The summed E-state index contributed by atoms with van der Waals surface area (Å²) >= 11 is 0. The minimum Gasteiger partial charge on any atom is -0.497 e. The summed E-state index contributed by atoms with van der Waals surface area (Å²) in [5.74, 6) is -2.58. The van der Waals surface area contributed by atoms with Gasteiger partial charge >= 0.3 is 11.9 Å². The predicted molar refractivity (Wildman–Crippen MR) is 256 cm³/mol. The van der Waals surface area contributed by atoms with Crippen molar-refractivity contribution in [3.05, 3.63) is 105 Å². The number of hydrogen-bond acceptors (Lipinski definition) is 8. The zero-order chi connectivity index (χ0) is 50.3. The third kappa shape index (κ3) is 10.6. The third-order valence-corrected chi connectivity index (χ3v) is 15.3. The quantitative estimate of drug-likeness (QED) is 0.0989. The number of rotatable bonds is 14. The van der Waals surface area contributed by atoms with Crippen LogP contribution in [-0.4, -0.2) is 106 Å². The number of hydrogen-bond donors (Lipinski definition) is 1. The Morgan fingerprint density at radius 1 is 0.929 bits per heavy atom. The Kier molecular flexibility index (Phi) is 14.6. The summed E-state index contributed by atoms with van der Waals surface area (Å²) in [7, 11) is 3.25. The summed E-state index contributed by atoms with van der Waals surface area (Å²) < 4.78 is 89.9. The van der Waals surface area contributed by atoms with Crippen LogP contribution in [0.5, 0.6) is 5.75 Å². The Hall–Kier alpha value is -5.39. The molecular formula is C53H65F5N6O6. The molecule has 2 unspecified atom stereocenters. The fraction of sp³-hybridized carbons (Fsp3) is 0.547. The first-order valence-corrected chi connectivity index (χ1v) is 24.4. The molecule has 17 heteroatoms. The summed E-state index contributed by atoms with van der Waals surface area (Å²) in [5.41, 5.74) is 0.569. The van der Waals surface area contributed by atoms with Crippen molar-refractivity contribution in [2.45, 2.75) is 115 Å². The molecule has 0 bridgehead atoms. The lowest BCUT2D eigenvalue weighted by atomic mass is 9.67. The lowest BCUT2D eigenvalue weighted by Gasteiger charge is -2.46. The lowest BCUT2D eigenvalue weighted by molar-refractivity contribution is -0.217. The number of carbonyl (C=O) groups excluding carboxylic acids is 3. The molecule has 4 aromatic rings. The number of methoxy groups -OCH3 is 1. The highest BCUT2D eigenvalue weighted by Crippen LogP contribution is 2.46. The number of nitrogens with one attached hydrogen (secondary N) is 1. The Labute approximate surface area is 405 Å². The average molecular weight is 977 g/mol. The molecule has 1 aromatic heterocycles. The standard InChI is InChI=1S/C53H65F5N6O6/c1-50(2,53(56,57)58)33-62(23-21-52(22-28-70-51(3,4)32-52)38-13-15-39(69-6)16-14-38)31-37-12-17-40(46(55)45(37)54)35-8-10-36(11-9-35)48(67)63-26-24-61(25-27-63)30-34-7-18-41-43(29-34)60(5)49(68)64(41)42-19-20-44(65)59-47(42)66/h7-8,12-18,29,36,42H,9-11,19-28,30-33H2,1-6H3,(H,59,65,66)/t36?,42?,52-/m1/s1. The molecule has 378 valence electrons. The molecule has 3 fully saturated rings. The number of halogens is 5. The van der Waals surface area contributed by atoms with Crippen molar-refractivity contribution >= 4 is 34.3 Å². The molecule has 4 heterocycles. The van der Waals surface area contributed by atoms with Crippen LogP contribution in [0.3, 0.4) is 0 Å². The van der Waals surface area contributed by atoms with Gasteiger partial charge in [0.2, 0.25) is 17.7 Å². The van der Waals surface area contributed by atoms with Gasteiger partial charge in [-0.1, -0.05) is 36.4 Å². The van der Waals surface area contributed by atoms with Gasteiger partial charge in [0, 0.05) is 88.3 Å². The van der Waals surface area contributed by atoms with E-state index in [1.54, 1.807) is 19.1 Å². The van der Waals surface area contributed by atoms with Crippen LogP contribution in [0.4, 0.5) is 22.0 Å². The minimum absolute atomic E-state index is 0.0168. The topological polar surface area (TPSA) is 118 Å². The highest BCUT2D eigenvalue weighted by Gasteiger charge is 2.49. The molecule has 1 aliphatic carbocycles. The smallest absolute Gasteiger partial charge is 0.395 e. The van der Waals surface area contributed by atoms with Gasteiger partial charge in [0.05, 0.1) is 29.2 Å². The number of benzene rings is 3. The number of piperidine rings is 1. The molecule has 8 rings (SSSR count). The maximum atomic E-state index is 16.2. The van der Waals surface area contributed by atoms with Crippen LogP contribution in [0.15, 0.2) is 65.5 Å². The molecule has 70 heavy (non-hydrogen) atoms. The molecule has 1 N–H and O–H groups in total. The van der Waals surface area contributed by atoms with Crippen LogP contribution < -0.4 is 15.7 Å².